The van der Waals surface area contributed by atoms with Gasteiger partial charge in [0.25, 0.3) is 0 Å². The van der Waals surface area contributed by atoms with Gasteiger partial charge in [-0.05, 0) is 78.4 Å². The number of rotatable bonds is 3. The van der Waals surface area contributed by atoms with Gasteiger partial charge in [-0.15, -0.1) is 6.58 Å². The Morgan fingerprint density at radius 1 is 0.667 bits per heavy atom. The summed E-state index contributed by atoms with van der Waals surface area (Å²) in [6.45, 7) is 3.68. The Morgan fingerprint density at radius 2 is 1.33 bits per heavy atom. The highest BCUT2D eigenvalue weighted by Crippen LogP contribution is 2.21. The van der Waals surface area contributed by atoms with Gasteiger partial charge in [0.2, 0.25) is 0 Å². The van der Waals surface area contributed by atoms with Crippen molar-refractivity contribution in [3.63, 3.8) is 0 Å². The lowest BCUT2D eigenvalue weighted by Crippen LogP contribution is -1.89. The minimum absolute atomic E-state index is 0.228. The fourth-order valence-electron chi connectivity index (χ4n) is 3.35. The van der Waals surface area contributed by atoms with E-state index in [0.717, 1.165) is 35.6 Å². The number of aryl methyl sites for hydroxylation is 1. The van der Waals surface area contributed by atoms with Gasteiger partial charge in [0.15, 0.2) is 11.6 Å². The summed E-state index contributed by atoms with van der Waals surface area (Å²) in [4.78, 5) is 0. The van der Waals surface area contributed by atoms with Crippen molar-refractivity contribution in [3.05, 3.63) is 131 Å². The number of fused-ring (bicyclic) bond motifs is 1. The molecule has 0 aliphatic rings. The fourth-order valence-corrected chi connectivity index (χ4v) is 3.35. The van der Waals surface area contributed by atoms with Gasteiger partial charge in [0.05, 0.1) is 5.56 Å². The zero-order valence-electron chi connectivity index (χ0n) is 17.8. The molecule has 0 unspecified atom stereocenters. The molecule has 4 rings (SSSR count). The molecule has 0 spiro atoms. The number of halogens is 3. The highest BCUT2D eigenvalue weighted by molar-refractivity contribution is 5.84. The van der Waals surface area contributed by atoms with Gasteiger partial charge in [-0.1, -0.05) is 48.0 Å². The normalized spacial score (nSPS) is 10.2. The van der Waals surface area contributed by atoms with E-state index < -0.39 is 11.6 Å². The van der Waals surface area contributed by atoms with Crippen molar-refractivity contribution in [2.24, 2.45) is 0 Å². The van der Waals surface area contributed by atoms with Crippen molar-refractivity contribution in [1.29, 1.82) is 0 Å². The lowest BCUT2D eigenvalue weighted by atomic mass is 10.1. The van der Waals surface area contributed by atoms with E-state index in [1.54, 1.807) is 18.2 Å². The Balaban J connectivity index is 1.48. The molecule has 0 aliphatic carbocycles. The van der Waals surface area contributed by atoms with Crippen LogP contribution in [0.4, 0.5) is 13.2 Å². The Bertz CT molecular complexity index is 1460. The molecule has 0 heterocycles. The first-order chi connectivity index (χ1) is 16.0. The van der Waals surface area contributed by atoms with Gasteiger partial charge < -0.3 is 0 Å². The summed E-state index contributed by atoms with van der Waals surface area (Å²) in [5.74, 6) is 9.89. The third-order valence-electron chi connectivity index (χ3n) is 5.16. The molecule has 0 aliphatic heterocycles. The Morgan fingerprint density at radius 3 is 2.03 bits per heavy atom. The van der Waals surface area contributed by atoms with Crippen molar-refractivity contribution in [2.45, 2.75) is 12.8 Å². The van der Waals surface area contributed by atoms with Crippen LogP contribution in [0.5, 0.6) is 0 Å². The summed E-state index contributed by atoms with van der Waals surface area (Å²) >= 11 is 0. The van der Waals surface area contributed by atoms with E-state index in [-0.39, 0.29) is 11.2 Å². The minimum Gasteiger partial charge on any atom is -0.206 e. The van der Waals surface area contributed by atoms with Gasteiger partial charge in [-0.2, -0.15) is 0 Å². The quantitative estimate of drug-likeness (QED) is 0.236. The molecule has 0 atom stereocenters. The molecular weight excluding hydrogens is 417 g/mol. The molecular formula is C30H19F3. The van der Waals surface area contributed by atoms with Crippen LogP contribution in [0.3, 0.4) is 0 Å². The summed E-state index contributed by atoms with van der Waals surface area (Å²) in [6, 6.07) is 20.0. The van der Waals surface area contributed by atoms with Crippen LogP contribution < -0.4 is 0 Å². The van der Waals surface area contributed by atoms with Gasteiger partial charge in [0, 0.05) is 22.1 Å². The van der Waals surface area contributed by atoms with Crippen molar-refractivity contribution in [2.75, 3.05) is 0 Å². The molecule has 33 heavy (non-hydrogen) atoms. The fraction of sp³-hybridized carbons (Fsp3) is 0.0667. The molecule has 4 aromatic rings. The molecule has 0 radical (unpaired) electrons. The molecule has 0 saturated heterocycles. The van der Waals surface area contributed by atoms with E-state index in [4.69, 9.17) is 0 Å². The van der Waals surface area contributed by atoms with Crippen LogP contribution in [0.15, 0.2) is 85.5 Å². The van der Waals surface area contributed by atoms with E-state index in [2.05, 4.69) is 30.3 Å². The summed E-state index contributed by atoms with van der Waals surface area (Å²) in [5.41, 5.74) is 3.50. The monoisotopic (exact) mass is 436 g/mol. The van der Waals surface area contributed by atoms with Crippen LogP contribution in [-0.2, 0) is 6.42 Å². The van der Waals surface area contributed by atoms with Crippen molar-refractivity contribution >= 4 is 10.8 Å². The van der Waals surface area contributed by atoms with Crippen LogP contribution in [0.1, 0.15) is 34.2 Å². The molecule has 0 aromatic heterocycles. The second kappa shape index (κ2) is 9.94. The predicted octanol–water partition coefficient (Wildman–Crippen LogP) is 7.18. The molecule has 160 valence electrons. The lowest BCUT2D eigenvalue weighted by Gasteiger charge is -2.01. The zero-order chi connectivity index (χ0) is 23.2. The van der Waals surface area contributed by atoms with Crippen LogP contribution in [0.25, 0.3) is 10.8 Å². The molecule has 0 amide bonds. The van der Waals surface area contributed by atoms with Crippen LogP contribution >= 0.6 is 0 Å². The maximum atomic E-state index is 14.3. The predicted molar refractivity (Wildman–Crippen MR) is 127 cm³/mol. The first-order valence-corrected chi connectivity index (χ1v) is 10.4. The number of hydrogen-bond donors (Lipinski definition) is 0. The van der Waals surface area contributed by atoms with Crippen LogP contribution in [0, 0.1) is 41.1 Å². The average molecular weight is 436 g/mol. The first-order valence-electron chi connectivity index (χ1n) is 10.4. The molecule has 3 heteroatoms. The highest BCUT2D eigenvalue weighted by atomic mass is 19.2. The van der Waals surface area contributed by atoms with Crippen molar-refractivity contribution in [1.82, 2.24) is 0 Å². The highest BCUT2D eigenvalue weighted by Gasteiger charge is 2.06. The largest absolute Gasteiger partial charge is 0.206 e. The van der Waals surface area contributed by atoms with E-state index in [0.29, 0.717) is 16.5 Å². The van der Waals surface area contributed by atoms with Crippen LogP contribution in [-0.4, -0.2) is 0 Å². The number of allylic oxidation sites excluding steroid dienone is 1. The number of benzene rings is 4. The topological polar surface area (TPSA) is 0 Å². The van der Waals surface area contributed by atoms with Gasteiger partial charge in [-0.3, -0.25) is 0 Å². The van der Waals surface area contributed by atoms with E-state index >= 15 is 0 Å². The van der Waals surface area contributed by atoms with Crippen molar-refractivity contribution in [3.8, 4) is 23.7 Å². The van der Waals surface area contributed by atoms with Gasteiger partial charge in [-0.25, -0.2) is 13.2 Å². The number of hydrogen-bond acceptors (Lipinski definition) is 0. The Labute approximate surface area is 191 Å². The van der Waals surface area contributed by atoms with Gasteiger partial charge in [0.1, 0.15) is 5.82 Å². The Kier molecular flexibility index (Phi) is 6.63. The third kappa shape index (κ3) is 5.35. The first kappa shape index (κ1) is 22.0. The van der Waals surface area contributed by atoms with E-state index in [9.17, 15) is 13.2 Å². The van der Waals surface area contributed by atoms with Gasteiger partial charge >= 0.3 is 0 Å². The maximum absolute atomic E-state index is 14.3. The standard InChI is InChI=1S/C30H19F3/c1-2-3-4-23-12-15-25(29(32)20-23)14-11-22-7-5-21(6-8-22)9-10-24-13-17-27-26(19-24)16-18-28(31)30(27)33/h2,5-8,12-13,15-20H,1,3-4H2. The molecule has 0 bridgehead atoms. The van der Waals surface area contributed by atoms with Crippen molar-refractivity contribution < 1.29 is 13.2 Å². The van der Waals surface area contributed by atoms with E-state index in [1.807, 2.05) is 36.4 Å². The third-order valence-corrected chi connectivity index (χ3v) is 5.16. The second-order valence-corrected chi connectivity index (χ2v) is 7.52. The zero-order valence-corrected chi connectivity index (χ0v) is 17.8. The average Bonchev–Trinajstić information content (AvgIpc) is 2.84. The SMILES string of the molecule is C=CCCc1ccc(C#Cc2ccc(C#Cc3ccc4c(F)c(F)ccc4c3)cc2)c(F)c1. The molecule has 0 N–H and O–H groups in total. The van der Waals surface area contributed by atoms with E-state index in [1.165, 1.54) is 18.2 Å². The minimum atomic E-state index is -0.868. The summed E-state index contributed by atoms with van der Waals surface area (Å²) in [5, 5.41) is 0.818. The summed E-state index contributed by atoms with van der Waals surface area (Å²) in [7, 11) is 0. The summed E-state index contributed by atoms with van der Waals surface area (Å²) < 4.78 is 41.4. The molecule has 0 fully saturated rings. The lowest BCUT2D eigenvalue weighted by molar-refractivity contribution is 0.517. The smallest absolute Gasteiger partial charge is 0.166 e. The second-order valence-electron chi connectivity index (χ2n) is 7.52. The van der Waals surface area contributed by atoms with Crippen LogP contribution in [0.2, 0.25) is 0 Å². The maximum Gasteiger partial charge on any atom is 0.166 e. The molecule has 0 nitrogen and oxygen atoms in total. The summed E-state index contributed by atoms with van der Waals surface area (Å²) in [6.07, 6.45) is 3.37. The molecule has 4 aromatic carbocycles. The molecule has 0 saturated carbocycles. The Hall–Kier alpha value is -4.21.